The minimum atomic E-state index is 0.622. The molecule has 3 rings (SSSR count). The largest absolute Gasteiger partial charge is 0.383 e. The van der Waals surface area contributed by atoms with E-state index in [2.05, 4.69) is 51.5 Å². The quantitative estimate of drug-likeness (QED) is 0.758. The van der Waals surface area contributed by atoms with Crippen molar-refractivity contribution in [2.45, 2.75) is 19.9 Å². The molecule has 6 heteroatoms. The summed E-state index contributed by atoms with van der Waals surface area (Å²) in [4.78, 5) is 13.0. The molecule has 3 aromatic rings. The van der Waals surface area contributed by atoms with Crippen LogP contribution in [0.2, 0.25) is 0 Å². The van der Waals surface area contributed by atoms with Gasteiger partial charge in [0.2, 0.25) is 0 Å². The highest BCUT2D eigenvalue weighted by Gasteiger charge is 2.10. The summed E-state index contributed by atoms with van der Waals surface area (Å²) >= 11 is 0. The maximum Gasteiger partial charge on any atom is 0.165 e. The van der Waals surface area contributed by atoms with Gasteiger partial charge >= 0.3 is 0 Å². The molecule has 0 unspecified atom stereocenters. The van der Waals surface area contributed by atoms with Gasteiger partial charge in [-0.1, -0.05) is 19.1 Å². The summed E-state index contributed by atoms with van der Waals surface area (Å²) in [7, 11) is 1.68. The van der Waals surface area contributed by atoms with Crippen molar-refractivity contribution in [1.82, 2.24) is 19.5 Å². The normalized spacial score (nSPS) is 11.0. The van der Waals surface area contributed by atoms with Crippen molar-refractivity contribution in [1.29, 1.82) is 0 Å². The zero-order valence-corrected chi connectivity index (χ0v) is 12.8. The second-order valence-electron chi connectivity index (χ2n) is 5.00. The van der Waals surface area contributed by atoms with Gasteiger partial charge in [-0.2, -0.15) is 0 Å². The number of anilines is 2. The number of hydrogen-bond acceptors (Lipinski definition) is 5. The van der Waals surface area contributed by atoms with Crippen molar-refractivity contribution in [3.8, 4) is 0 Å². The van der Waals surface area contributed by atoms with Crippen LogP contribution in [-0.2, 0) is 17.7 Å². The van der Waals surface area contributed by atoms with Crippen LogP contribution in [0.1, 0.15) is 12.5 Å². The number of rotatable bonds is 6. The van der Waals surface area contributed by atoms with Crippen LogP contribution in [0.5, 0.6) is 0 Å². The molecule has 2 heterocycles. The van der Waals surface area contributed by atoms with Crippen molar-refractivity contribution in [2.24, 2.45) is 0 Å². The molecule has 0 aliphatic rings. The number of imidazole rings is 1. The Labute approximate surface area is 129 Å². The van der Waals surface area contributed by atoms with Crippen LogP contribution in [0.25, 0.3) is 11.2 Å². The van der Waals surface area contributed by atoms with Crippen LogP contribution in [0.3, 0.4) is 0 Å². The maximum absolute atomic E-state index is 5.10. The summed E-state index contributed by atoms with van der Waals surface area (Å²) < 4.78 is 7.07. The van der Waals surface area contributed by atoms with Crippen molar-refractivity contribution in [2.75, 3.05) is 19.0 Å². The van der Waals surface area contributed by atoms with Gasteiger partial charge in [0, 0.05) is 19.3 Å². The molecular weight excluding hydrogens is 278 g/mol. The molecule has 0 aliphatic carbocycles. The number of nitrogens with zero attached hydrogens (tertiary/aromatic N) is 4. The monoisotopic (exact) mass is 297 g/mol. The molecule has 0 aliphatic heterocycles. The van der Waals surface area contributed by atoms with E-state index in [0.29, 0.717) is 19.0 Å². The van der Waals surface area contributed by atoms with Crippen molar-refractivity contribution >= 4 is 22.7 Å². The molecule has 0 saturated heterocycles. The zero-order chi connectivity index (χ0) is 15.4. The Morgan fingerprint density at radius 1 is 1.14 bits per heavy atom. The van der Waals surface area contributed by atoms with Crippen molar-refractivity contribution in [3.05, 3.63) is 42.5 Å². The third-order valence-electron chi connectivity index (χ3n) is 3.56. The van der Waals surface area contributed by atoms with Gasteiger partial charge in [-0.05, 0) is 24.1 Å². The number of fused-ring (bicyclic) bond motifs is 1. The summed E-state index contributed by atoms with van der Waals surface area (Å²) in [6.07, 6.45) is 4.35. The molecule has 0 spiro atoms. The topological polar surface area (TPSA) is 64.9 Å². The summed E-state index contributed by atoms with van der Waals surface area (Å²) in [5.74, 6) is 0.713. The van der Waals surface area contributed by atoms with Gasteiger partial charge < -0.3 is 14.6 Å². The first-order valence-electron chi connectivity index (χ1n) is 7.32. The Hall–Kier alpha value is -2.47. The second kappa shape index (κ2) is 6.53. The van der Waals surface area contributed by atoms with Gasteiger partial charge in [0.15, 0.2) is 17.0 Å². The molecule has 2 aromatic heterocycles. The molecule has 0 atom stereocenters. The highest BCUT2D eigenvalue weighted by molar-refractivity contribution is 5.85. The minimum absolute atomic E-state index is 0.622. The fourth-order valence-electron chi connectivity index (χ4n) is 2.29. The molecule has 1 aromatic carbocycles. The van der Waals surface area contributed by atoms with Crippen LogP contribution < -0.4 is 5.32 Å². The Bertz CT molecular complexity index is 751. The molecule has 0 bridgehead atoms. The lowest BCUT2D eigenvalue weighted by Gasteiger charge is -2.07. The van der Waals surface area contributed by atoms with Gasteiger partial charge in [0.05, 0.1) is 12.9 Å². The second-order valence-corrected chi connectivity index (χ2v) is 5.00. The van der Waals surface area contributed by atoms with E-state index in [1.54, 1.807) is 19.8 Å². The van der Waals surface area contributed by atoms with E-state index in [9.17, 15) is 0 Å². The highest BCUT2D eigenvalue weighted by Crippen LogP contribution is 2.22. The predicted octanol–water partition coefficient (Wildman–Crippen LogP) is 2.78. The van der Waals surface area contributed by atoms with E-state index in [-0.39, 0.29) is 0 Å². The van der Waals surface area contributed by atoms with E-state index >= 15 is 0 Å². The average Bonchev–Trinajstić information content (AvgIpc) is 2.98. The molecule has 22 heavy (non-hydrogen) atoms. The van der Waals surface area contributed by atoms with Crippen molar-refractivity contribution < 1.29 is 4.74 Å². The third-order valence-corrected chi connectivity index (χ3v) is 3.56. The number of aryl methyl sites for hydroxylation is 1. The molecule has 0 radical (unpaired) electrons. The predicted molar refractivity (Wildman–Crippen MR) is 86.3 cm³/mol. The summed E-state index contributed by atoms with van der Waals surface area (Å²) in [5.41, 5.74) is 3.86. The van der Waals surface area contributed by atoms with Gasteiger partial charge in [-0.25, -0.2) is 15.0 Å². The van der Waals surface area contributed by atoms with E-state index in [4.69, 9.17) is 4.74 Å². The lowest BCUT2D eigenvalue weighted by Crippen LogP contribution is -2.04. The summed E-state index contributed by atoms with van der Waals surface area (Å²) in [5, 5.41) is 3.31. The number of benzene rings is 1. The molecule has 0 fully saturated rings. The average molecular weight is 297 g/mol. The first-order valence-corrected chi connectivity index (χ1v) is 7.32. The third kappa shape index (κ3) is 2.92. The van der Waals surface area contributed by atoms with Gasteiger partial charge in [-0.3, -0.25) is 0 Å². The number of hydrogen-bond donors (Lipinski definition) is 1. The van der Waals surface area contributed by atoms with Gasteiger partial charge in [-0.15, -0.1) is 0 Å². The van der Waals surface area contributed by atoms with E-state index in [1.165, 1.54) is 5.56 Å². The van der Waals surface area contributed by atoms with Gasteiger partial charge in [0.25, 0.3) is 0 Å². The maximum atomic E-state index is 5.10. The lowest BCUT2D eigenvalue weighted by atomic mass is 10.1. The van der Waals surface area contributed by atoms with Crippen molar-refractivity contribution in [3.63, 3.8) is 0 Å². The Morgan fingerprint density at radius 2 is 1.95 bits per heavy atom. The number of aromatic nitrogens is 4. The summed E-state index contributed by atoms with van der Waals surface area (Å²) in [6.45, 7) is 3.48. The molecule has 0 saturated carbocycles. The van der Waals surface area contributed by atoms with Crippen LogP contribution in [0.15, 0.2) is 36.9 Å². The van der Waals surface area contributed by atoms with Crippen LogP contribution in [0.4, 0.5) is 11.5 Å². The Kier molecular flexibility index (Phi) is 4.29. The van der Waals surface area contributed by atoms with E-state index in [1.807, 2.05) is 4.57 Å². The van der Waals surface area contributed by atoms with Crippen LogP contribution in [-0.4, -0.2) is 33.2 Å². The summed E-state index contributed by atoms with van der Waals surface area (Å²) in [6, 6.07) is 8.32. The smallest absolute Gasteiger partial charge is 0.165 e. The molecule has 0 amide bonds. The minimum Gasteiger partial charge on any atom is -0.383 e. The number of ether oxygens (including phenoxy) is 1. The first-order chi connectivity index (χ1) is 10.8. The Morgan fingerprint density at radius 3 is 2.68 bits per heavy atom. The van der Waals surface area contributed by atoms with Gasteiger partial charge in [0.1, 0.15) is 6.33 Å². The molecule has 114 valence electrons. The van der Waals surface area contributed by atoms with E-state index < -0.39 is 0 Å². The van der Waals surface area contributed by atoms with Crippen LogP contribution >= 0.6 is 0 Å². The molecule has 1 N–H and O–H groups in total. The lowest BCUT2D eigenvalue weighted by molar-refractivity contribution is 0.188. The fraction of sp³-hybridized carbons (Fsp3) is 0.312. The number of methoxy groups -OCH3 is 1. The Balaban J connectivity index is 1.88. The molecular formula is C16H19N5O. The fourth-order valence-corrected chi connectivity index (χ4v) is 2.29. The van der Waals surface area contributed by atoms with Crippen LogP contribution in [0, 0.1) is 0 Å². The molecule has 6 nitrogen and oxygen atoms in total. The first kappa shape index (κ1) is 14.5. The zero-order valence-electron chi connectivity index (χ0n) is 12.8. The SMILES string of the molecule is CCc1ccc(Nc2ncnc3c2ncn3CCOC)cc1. The number of nitrogens with one attached hydrogen (secondary N) is 1. The standard InChI is InChI=1S/C16H19N5O/c1-3-12-4-6-13(7-5-12)20-15-14-16(18-10-17-15)21(11-19-14)8-9-22-2/h4-7,10-11H,3,8-9H2,1-2H3,(H,17,18,20). The highest BCUT2D eigenvalue weighted by atomic mass is 16.5. The van der Waals surface area contributed by atoms with E-state index in [0.717, 1.165) is 23.3 Å².